The number of piperazine rings is 1. The molecule has 0 N–H and O–H groups in total. The van der Waals surface area contributed by atoms with Gasteiger partial charge in [-0.1, -0.05) is 6.92 Å². The Kier molecular flexibility index (Phi) is 5.81. The second-order valence-electron chi connectivity index (χ2n) is 7.56. The van der Waals surface area contributed by atoms with Crippen LogP contribution < -0.4 is 4.90 Å². The summed E-state index contributed by atoms with van der Waals surface area (Å²) in [6, 6.07) is 7.85. The maximum Gasteiger partial charge on any atom is 0.227 e. The maximum absolute atomic E-state index is 13.0. The van der Waals surface area contributed by atoms with E-state index in [1.165, 1.54) is 0 Å². The molecule has 28 heavy (non-hydrogen) atoms. The number of pyridine rings is 1. The Morgan fingerprint density at radius 2 is 1.96 bits per heavy atom. The van der Waals surface area contributed by atoms with Crippen LogP contribution in [-0.2, 0) is 4.79 Å². The van der Waals surface area contributed by atoms with Crippen molar-refractivity contribution in [1.29, 1.82) is 0 Å². The van der Waals surface area contributed by atoms with Gasteiger partial charge in [0, 0.05) is 57.2 Å². The molecular formula is C21H28N6O. The van der Waals surface area contributed by atoms with Gasteiger partial charge in [0.05, 0.1) is 11.6 Å². The van der Waals surface area contributed by atoms with Crippen LogP contribution in [0.3, 0.4) is 0 Å². The van der Waals surface area contributed by atoms with E-state index >= 15 is 0 Å². The number of nitrogens with zero attached hydrogens (tertiary/aromatic N) is 6. The molecule has 1 unspecified atom stereocenters. The molecule has 2 aromatic rings. The highest BCUT2D eigenvalue weighted by Crippen LogP contribution is 2.24. The van der Waals surface area contributed by atoms with Gasteiger partial charge in [0.15, 0.2) is 5.82 Å². The highest BCUT2D eigenvalue weighted by Gasteiger charge is 2.31. The van der Waals surface area contributed by atoms with E-state index in [0.29, 0.717) is 5.91 Å². The topological polar surface area (TPSA) is 65.5 Å². The molecule has 1 atom stereocenters. The van der Waals surface area contributed by atoms with Gasteiger partial charge in [0.1, 0.15) is 0 Å². The fourth-order valence-corrected chi connectivity index (χ4v) is 4.09. The van der Waals surface area contributed by atoms with Crippen LogP contribution in [0.1, 0.15) is 19.8 Å². The van der Waals surface area contributed by atoms with Crippen LogP contribution >= 0.6 is 0 Å². The van der Waals surface area contributed by atoms with Crippen LogP contribution in [0.2, 0.25) is 0 Å². The van der Waals surface area contributed by atoms with Gasteiger partial charge in [-0.05, 0) is 43.7 Å². The SMILES string of the molecule is CCN1CCN(C(=O)C2CCCN(c3ccc(-c4cccnc4)nn3)C2)CC1. The fourth-order valence-electron chi connectivity index (χ4n) is 4.09. The van der Waals surface area contributed by atoms with E-state index in [0.717, 1.165) is 75.7 Å². The molecular weight excluding hydrogens is 352 g/mol. The maximum atomic E-state index is 13.0. The van der Waals surface area contributed by atoms with Crippen molar-refractivity contribution in [3.8, 4) is 11.3 Å². The molecule has 0 spiro atoms. The van der Waals surface area contributed by atoms with Crippen LogP contribution in [0, 0.1) is 5.92 Å². The van der Waals surface area contributed by atoms with Crippen molar-refractivity contribution in [2.45, 2.75) is 19.8 Å². The Morgan fingerprint density at radius 3 is 2.64 bits per heavy atom. The fraction of sp³-hybridized carbons (Fsp3) is 0.524. The van der Waals surface area contributed by atoms with Gasteiger partial charge in [0.2, 0.25) is 5.91 Å². The van der Waals surface area contributed by atoms with Crippen molar-refractivity contribution in [3.63, 3.8) is 0 Å². The van der Waals surface area contributed by atoms with Crippen molar-refractivity contribution >= 4 is 11.7 Å². The zero-order chi connectivity index (χ0) is 19.3. The summed E-state index contributed by atoms with van der Waals surface area (Å²) in [4.78, 5) is 23.8. The third-order valence-corrected chi connectivity index (χ3v) is 5.83. The van der Waals surface area contributed by atoms with Crippen LogP contribution in [0.25, 0.3) is 11.3 Å². The molecule has 0 saturated carbocycles. The summed E-state index contributed by atoms with van der Waals surface area (Å²) in [5, 5.41) is 8.79. The van der Waals surface area contributed by atoms with E-state index in [9.17, 15) is 4.79 Å². The number of piperidine rings is 1. The van der Waals surface area contributed by atoms with Gasteiger partial charge in [-0.3, -0.25) is 9.78 Å². The van der Waals surface area contributed by atoms with Gasteiger partial charge in [0.25, 0.3) is 0 Å². The smallest absolute Gasteiger partial charge is 0.227 e. The predicted molar refractivity (Wildman–Crippen MR) is 109 cm³/mol. The van der Waals surface area contributed by atoms with Gasteiger partial charge in [-0.15, -0.1) is 10.2 Å². The summed E-state index contributed by atoms with van der Waals surface area (Å²) in [7, 11) is 0. The summed E-state index contributed by atoms with van der Waals surface area (Å²) in [6.45, 7) is 8.57. The highest BCUT2D eigenvalue weighted by molar-refractivity contribution is 5.80. The van der Waals surface area contributed by atoms with E-state index < -0.39 is 0 Å². The molecule has 1 amide bonds. The second-order valence-corrected chi connectivity index (χ2v) is 7.56. The lowest BCUT2D eigenvalue weighted by Gasteiger charge is -2.39. The van der Waals surface area contributed by atoms with E-state index in [4.69, 9.17) is 0 Å². The number of carbonyl (C=O) groups excluding carboxylic acids is 1. The molecule has 2 aliphatic rings. The average Bonchev–Trinajstić information content (AvgIpc) is 2.79. The molecule has 0 radical (unpaired) electrons. The zero-order valence-corrected chi connectivity index (χ0v) is 16.5. The zero-order valence-electron chi connectivity index (χ0n) is 16.5. The molecule has 148 valence electrons. The standard InChI is InChI=1S/C21H28N6O/c1-2-25-11-13-26(14-12-25)21(28)18-6-4-10-27(16-18)20-8-7-19(23-24-20)17-5-3-9-22-15-17/h3,5,7-9,15,18H,2,4,6,10-14,16H2,1H3. The minimum Gasteiger partial charge on any atom is -0.354 e. The molecule has 4 heterocycles. The Bertz CT molecular complexity index is 773. The molecule has 0 aliphatic carbocycles. The minimum absolute atomic E-state index is 0.0572. The Morgan fingerprint density at radius 1 is 1.11 bits per heavy atom. The summed E-state index contributed by atoms with van der Waals surface area (Å²) in [6.07, 6.45) is 5.51. The molecule has 2 saturated heterocycles. The lowest BCUT2D eigenvalue weighted by Crippen LogP contribution is -2.52. The number of hydrogen-bond donors (Lipinski definition) is 0. The van der Waals surface area contributed by atoms with Gasteiger partial charge < -0.3 is 14.7 Å². The number of hydrogen-bond acceptors (Lipinski definition) is 6. The van der Waals surface area contributed by atoms with Crippen molar-refractivity contribution in [2.24, 2.45) is 5.92 Å². The molecule has 2 fully saturated rings. The predicted octanol–water partition coefficient (Wildman–Crippen LogP) is 1.92. The Hall–Kier alpha value is -2.54. The number of likely N-dealkylation sites (N-methyl/N-ethyl adjacent to an activating group) is 1. The van der Waals surface area contributed by atoms with E-state index in [2.05, 4.69) is 36.8 Å². The lowest BCUT2D eigenvalue weighted by molar-refractivity contribution is -0.137. The summed E-state index contributed by atoms with van der Waals surface area (Å²) >= 11 is 0. The van der Waals surface area contributed by atoms with Crippen LogP contribution in [-0.4, -0.2) is 76.7 Å². The average molecular weight is 380 g/mol. The van der Waals surface area contributed by atoms with Crippen molar-refractivity contribution in [3.05, 3.63) is 36.7 Å². The quantitative estimate of drug-likeness (QED) is 0.807. The number of rotatable bonds is 4. The summed E-state index contributed by atoms with van der Waals surface area (Å²) < 4.78 is 0. The first-order valence-electron chi connectivity index (χ1n) is 10.2. The lowest BCUT2D eigenvalue weighted by atomic mass is 9.96. The number of anilines is 1. The third kappa shape index (κ3) is 4.14. The largest absolute Gasteiger partial charge is 0.354 e. The van der Waals surface area contributed by atoms with Gasteiger partial charge in [-0.2, -0.15) is 0 Å². The Labute approximate surface area is 166 Å². The van der Waals surface area contributed by atoms with Crippen molar-refractivity contribution in [2.75, 3.05) is 50.7 Å². The minimum atomic E-state index is 0.0572. The first kappa shape index (κ1) is 18.8. The van der Waals surface area contributed by atoms with Crippen LogP contribution in [0.15, 0.2) is 36.7 Å². The first-order valence-corrected chi connectivity index (χ1v) is 10.2. The first-order chi connectivity index (χ1) is 13.7. The van der Waals surface area contributed by atoms with Crippen molar-refractivity contribution < 1.29 is 4.79 Å². The number of carbonyl (C=O) groups is 1. The van der Waals surface area contributed by atoms with Crippen LogP contribution in [0.4, 0.5) is 5.82 Å². The third-order valence-electron chi connectivity index (χ3n) is 5.83. The van der Waals surface area contributed by atoms with Gasteiger partial charge >= 0.3 is 0 Å². The van der Waals surface area contributed by atoms with E-state index in [-0.39, 0.29) is 5.92 Å². The molecule has 2 aliphatic heterocycles. The molecule has 7 nitrogen and oxygen atoms in total. The van der Waals surface area contributed by atoms with Gasteiger partial charge in [-0.25, -0.2) is 0 Å². The summed E-state index contributed by atoms with van der Waals surface area (Å²) in [5.41, 5.74) is 1.77. The van der Waals surface area contributed by atoms with Crippen LogP contribution in [0.5, 0.6) is 0 Å². The molecule has 2 aromatic heterocycles. The number of aromatic nitrogens is 3. The van der Waals surface area contributed by atoms with E-state index in [1.54, 1.807) is 12.4 Å². The monoisotopic (exact) mass is 380 g/mol. The number of amides is 1. The molecule has 0 aromatic carbocycles. The highest BCUT2D eigenvalue weighted by atomic mass is 16.2. The Balaban J connectivity index is 1.39. The molecule has 0 bridgehead atoms. The molecule has 4 rings (SSSR count). The second kappa shape index (κ2) is 8.65. The van der Waals surface area contributed by atoms with Crippen molar-refractivity contribution in [1.82, 2.24) is 25.0 Å². The van der Waals surface area contributed by atoms with E-state index in [1.807, 2.05) is 24.3 Å². The normalized spacial score (nSPS) is 21.0. The summed E-state index contributed by atoms with van der Waals surface area (Å²) in [5.74, 6) is 1.21. The molecule has 7 heteroatoms.